The van der Waals surface area contributed by atoms with E-state index in [9.17, 15) is 0 Å². The maximum atomic E-state index is 8.17. The highest BCUT2D eigenvalue weighted by atomic mass is 28.3. The summed E-state index contributed by atoms with van der Waals surface area (Å²) in [7, 11) is 0.323. The van der Waals surface area contributed by atoms with Crippen molar-refractivity contribution >= 4 is 20.5 Å². The molecule has 0 aliphatic carbocycles. The molecule has 0 fully saturated rings. The third-order valence-electron chi connectivity index (χ3n) is 0.827. The maximum Gasteiger partial charge on any atom is 0.293 e. The highest BCUT2D eigenvalue weighted by Crippen LogP contribution is 1.71. The van der Waals surface area contributed by atoms with E-state index in [1.54, 1.807) is 0 Å². The fraction of sp³-hybridized carbons (Fsp3) is 1.00. The molecule has 5 nitrogen and oxygen atoms in total. The summed E-state index contributed by atoms with van der Waals surface area (Å²) >= 11 is 0. The minimum absolute atomic E-state index is 0.365. The summed E-state index contributed by atoms with van der Waals surface area (Å²) in [5.41, 5.74) is 0. The maximum absolute atomic E-state index is 8.17. The summed E-state index contributed by atoms with van der Waals surface area (Å²) in [5.74, 6) is 0. The third kappa shape index (κ3) is 16.7. The van der Waals surface area contributed by atoms with Crippen LogP contribution in [-0.2, 0) is 8.54 Å². The van der Waals surface area contributed by atoms with Crippen LogP contribution in [0, 0.1) is 0 Å². The van der Waals surface area contributed by atoms with Crippen molar-refractivity contribution in [1.29, 1.82) is 0 Å². The minimum Gasteiger partial charge on any atom is -0.449 e. The molecule has 0 atom stereocenters. The Morgan fingerprint density at radius 2 is 1.92 bits per heavy atom. The van der Waals surface area contributed by atoms with Crippen LogP contribution in [-0.4, -0.2) is 61.7 Å². The van der Waals surface area contributed by atoms with E-state index in [-0.39, 0.29) is 13.2 Å². The second-order valence-corrected chi connectivity index (χ2v) is 4.87. The summed E-state index contributed by atoms with van der Waals surface area (Å²) in [5, 5.41) is 24.0. The van der Waals surface area contributed by atoms with Gasteiger partial charge in [0, 0.05) is 6.61 Å². The van der Waals surface area contributed by atoms with Crippen molar-refractivity contribution in [2.75, 3.05) is 19.8 Å². The molecule has 0 radical (unpaired) electrons. The van der Waals surface area contributed by atoms with Gasteiger partial charge in [-0.15, -0.1) is 0 Å². The van der Waals surface area contributed by atoms with Crippen LogP contribution in [0.5, 0.6) is 0 Å². The SMILES string of the molecule is CCO[SiH2]O[SiH3].OCC(O)CO. The summed E-state index contributed by atoms with van der Waals surface area (Å²) < 4.78 is 9.77. The Hall–Kier alpha value is 0.234. The second-order valence-electron chi connectivity index (χ2n) is 1.92. The van der Waals surface area contributed by atoms with Crippen LogP contribution in [0.1, 0.15) is 6.92 Å². The van der Waals surface area contributed by atoms with Gasteiger partial charge in [-0.25, -0.2) is 0 Å². The lowest BCUT2D eigenvalue weighted by molar-refractivity contribution is 0.0450. The first-order valence-electron chi connectivity index (χ1n) is 3.69. The van der Waals surface area contributed by atoms with Gasteiger partial charge in [0.05, 0.1) is 13.2 Å². The van der Waals surface area contributed by atoms with Gasteiger partial charge in [-0.3, -0.25) is 0 Å². The summed E-state index contributed by atoms with van der Waals surface area (Å²) in [6, 6.07) is 0. The Bertz CT molecular complexity index is 66.9. The van der Waals surface area contributed by atoms with Gasteiger partial charge >= 0.3 is 0 Å². The molecule has 76 valence electrons. The molecule has 12 heavy (non-hydrogen) atoms. The molecule has 0 unspecified atom stereocenters. The zero-order valence-electron chi connectivity index (χ0n) is 7.56. The van der Waals surface area contributed by atoms with Gasteiger partial charge < -0.3 is 23.9 Å². The van der Waals surface area contributed by atoms with Crippen molar-refractivity contribution in [3.05, 3.63) is 0 Å². The minimum atomic E-state index is -0.954. The molecular formula is C5H18O5Si2. The van der Waals surface area contributed by atoms with Gasteiger partial charge in [0.2, 0.25) is 0 Å². The molecule has 3 N–H and O–H groups in total. The van der Waals surface area contributed by atoms with E-state index >= 15 is 0 Å². The molecule has 0 amide bonds. The van der Waals surface area contributed by atoms with Crippen LogP contribution in [0.4, 0.5) is 0 Å². The predicted octanol–water partition coefficient (Wildman–Crippen LogP) is -3.35. The molecule has 0 rings (SSSR count). The van der Waals surface area contributed by atoms with Crippen LogP contribution in [0.15, 0.2) is 0 Å². The molecule has 0 bridgehead atoms. The quantitative estimate of drug-likeness (QED) is 0.329. The molecule has 0 heterocycles. The van der Waals surface area contributed by atoms with E-state index in [4.69, 9.17) is 23.9 Å². The largest absolute Gasteiger partial charge is 0.449 e. The van der Waals surface area contributed by atoms with E-state index in [0.29, 0.717) is 0 Å². The average Bonchev–Trinajstić information content (AvgIpc) is 2.14. The smallest absolute Gasteiger partial charge is 0.293 e. The van der Waals surface area contributed by atoms with Crippen LogP contribution < -0.4 is 0 Å². The van der Waals surface area contributed by atoms with Gasteiger partial charge in [0.1, 0.15) is 16.6 Å². The monoisotopic (exact) mass is 214 g/mol. The Kier molecular flexibility index (Phi) is 17.0. The zero-order chi connectivity index (χ0) is 9.82. The van der Waals surface area contributed by atoms with Gasteiger partial charge in [0.15, 0.2) is 0 Å². The van der Waals surface area contributed by atoms with E-state index in [1.165, 1.54) is 0 Å². The van der Waals surface area contributed by atoms with Gasteiger partial charge in [-0.2, -0.15) is 0 Å². The number of rotatable bonds is 5. The second kappa shape index (κ2) is 13.8. The molecule has 0 saturated carbocycles. The Balaban J connectivity index is 0. The van der Waals surface area contributed by atoms with E-state index in [1.807, 2.05) is 6.92 Å². The lowest BCUT2D eigenvalue weighted by Gasteiger charge is -1.96. The van der Waals surface area contributed by atoms with Crippen molar-refractivity contribution < 1.29 is 23.9 Å². The van der Waals surface area contributed by atoms with Crippen molar-refractivity contribution in [1.82, 2.24) is 0 Å². The summed E-state index contributed by atoms with van der Waals surface area (Å²) in [6.07, 6.45) is -0.954. The lowest BCUT2D eigenvalue weighted by Crippen LogP contribution is -2.15. The summed E-state index contributed by atoms with van der Waals surface area (Å²) in [6.45, 7) is 2.06. The number of aliphatic hydroxyl groups is 3. The summed E-state index contributed by atoms with van der Waals surface area (Å²) in [4.78, 5) is 0. The fourth-order valence-electron chi connectivity index (χ4n) is 0.224. The third-order valence-corrected chi connectivity index (χ3v) is 2.34. The normalized spacial score (nSPS) is 10.8. The van der Waals surface area contributed by atoms with Gasteiger partial charge in [0.25, 0.3) is 10.0 Å². The average molecular weight is 214 g/mol. The first-order chi connectivity index (χ1) is 5.72. The van der Waals surface area contributed by atoms with Crippen molar-refractivity contribution in [2.24, 2.45) is 0 Å². The highest BCUT2D eigenvalue weighted by Gasteiger charge is 1.93. The molecule has 0 aromatic rings. The first-order valence-corrected chi connectivity index (χ1v) is 5.66. The molecule has 0 spiro atoms. The molecule has 0 aliphatic heterocycles. The number of hydrogen-bond acceptors (Lipinski definition) is 5. The molecule has 0 aromatic carbocycles. The molecule has 0 aliphatic rings. The Labute approximate surface area is 77.9 Å². The standard InChI is InChI=1S/C3H8O3.C2H10O2Si2/c4-1-3(6)2-5;1-2-3-6-4-5/h3-6H,1-2H2;2,6H2,1,5H3. The fourth-order valence-corrected chi connectivity index (χ4v) is 1.06. The van der Waals surface area contributed by atoms with Crippen molar-refractivity contribution in [3.63, 3.8) is 0 Å². The van der Waals surface area contributed by atoms with Gasteiger partial charge in [-0.1, -0.05) is 0 Å². The zero-order valence-corrected chi connectivity index (χ0v) is 11.0. The van der Waals surface area contributed by atoms with Crippen LogP contribution >= 0.6 is 0 Å². The molecular weight excluding hydrogens is 196 g/mol. The first kappa shape index (κ1) is 14.7. The molecule has 0 saturated heterocycles. The molecule has 0 aromatic heterocycles. The number of hydrogen-bond donors (Lipinski definition) is 3. The van der Waals surface area contributed by atoms with E-state index in [2.05, 4.69) is 0 Å². The van der Waals surface area contributed by atoms with Crippen LogP contribution in [0.2, 0.25) is 0 Å². The lowest BCUT2D eigenvalue weighted by atomic mass is 10.4. The number of aliphatic hydroxyl groups excluding tert-OH is 3. The molecule has 7 heteroatoms. The highest BCUT2D eigenvalue weighted by molar-refractivity contribution is 6.27. The predicted molar refractivity (Wildman–Crippen MR) is 51.4 cm³/mol. The van der Waals surface area contributed by atoms with Crippen LogP contribution in [0.25, 0.3) is 0 Å². The van der Waals surface area contributed by atoms with Crippen LogP contribution in [0.3, 0.4) is 0 Å². The van der Waals surface area contributed by atoms with Crippen molar-refractivity contribution in [2.45, 2.75) is 13.0 Å². The van der Waals surface area contributed by atoms with Crippen molar-refractivity contribution in [3.8, 4) is 0 Å². The topological polar surface area (TPSA) is 79.2 Å². The Morgan fingerprint density at radius 1 is 1.42 bits per heavy atom. The van der Waals surface area contributed by atoms with Gasteiger partial charge in [-0.05, 0) is 6.92 Å². The Morgan fingerprint density at radius 3 is 2.00 bits per heavy atom. The van der Waals surface area contributed by atoms with E-state index < -0.39 is 16.1 Å². The van der Waals surface area contributed by atoms with E-state index in [0.717, 1.165) is 17.1 Å².